The average Bonchev–Trinajstić information content (AvgIpc) is 2.67. The first-order valence-electron chi connectivity index (χ1n) is 9.18. The molecule has 0 spiro atoms. The van der Waals surface area contributed by atoms with Crippen molar-refractivity contribution >= 4 is 34.2 Å². The molecule has 7 heteroatoms. The number of morpholine rings is 1. The molecule has 1 aliphatic heterocycles. The Kier molecular flexibility index (Phi) is 9.39. The number of carbonyl (C=O) groups excluding carboxylic acids is 1. The quantitative estimate of drug-likeness (QED) is 0.683. The fourth-order valence-electron chi connectivity index (χ4n) is 2.73. The van der Waals surface area contributed by atoms with Crippen LogP contribution < -0.4 is 5.32 Å². The third kappa shape index (κ3) is 7.23. The number of carbonyl (C=O) groups is 1. The first-order chi connectivity index (χ1) is 12.6. The largest absolute Gasteiger partial charge is 0.379 e. The van der Waals surface area contributed by atoms with Gasteiger partial charge in [-0.15, -0.1) is 0 Å². The fourth-order valence-corrected chi connectivity index (χ4v) is 3.96. The number of nitrogens with zero attached hydrogens (tertiary/aromatic N) is 2. The van der Waals surface area contributed by atoms with E-state index in [9.17, 15) is 4.79 Å². The summed E-state index contributed by atoms with van der Waals surface area (Å²) in [6.45, 7) is 11.0. The summed E-state index contributed by atoms with van der Waals surface area (Å²) in [6, 6.07) is 8.45. The molecule has 0 bridgehead atoms. The summed E-state index contributed by atoms with van der Waals surface area (Å²) < 4.78 is 6.17. The van der Waals surface area contributed by atoms with Crippen LogP contribution in [0.2, 0.25) is 0 Å². The maximum Gasteiger partial charge on any atom is 0.230 e. The van der Waals surface area contributed by atoms with Gasteiger partial charge < -0.3 is 15.0 Å². The summed E-state index contributed by atoms with van der Waals surface area (Å²) >= 11 is 6.78. The van der Waals surface area contributed by atoms with Crippen LogP contribution >= 0.6 is 24.0 Å². The maximum absolute atomic E-state index is 12.0. The predicted molar refractivity (Wildman–Crippen MR) is 112 cm³/mol. The van der Waals surface area contributed by atoms with Gasteiger partial charge in [-0.1, -0.05) is 48.2 Å². The minimum Gasteiger partial charge on any atom is -0.379 e. The molecule has 2 rings (SSSR count). The molecule has 26 heavy (non-hydrogen) atoms. The van der Waals surface area contributed by atoms with E-state index >= 15 is 0 Å². The summed E-state index contributed by atoms with van der Waals surface area (Å²) in [7, 11) is 0. The van der Waals surface area contributed by atoms with E-state index in [1.54, 1.807) is 0 Å². The lowest BCUT2D eigenvalue weighted by atomic mass is 10.1. The molecule has 1 aromatic rings. The molecule has 1 fully saturated rings. The molecule has 0 saturated carbocycles. The molecule has 1 N–H and O–H groups in total. The van der Waals surface area contributed by atoms with Gasteiger partial charge in [-0.05, 0) is 25.0 Å². The van der Waals surface area contributed by atoms with Crippen LogP contribution in [-0.2, 0) is 22.6 Å². The van der Waals surface area contributed by atoms with Crippen molar-refractivity contribution in [2.45, 2.75) is 26.9 Å². The Labute approximate surface area is 166 Å². The minimum atomic E-state index is 0.0156. The number of thiocarbonyl (C=S) groups is 1. The Morgan fingerprint density at radius 3 is 2.42 bits per heavy atom. The molecule has 5 nitrogen and oxygen atoms in total. The molecular weight excluding hydrogens is 366 g/mol. The molecule has 1 amide bonds. The summed E-state index contributed by atoms with van der Waals surface area (Å²) in [5.41, 5.74) is 2.41. The Hall–Kier alpha value is -1.15. The Morgan fingerprint density at radius 2 is 1.81 bits per heavy atom. The molecule has 1 saturated heterocycles. The van der Waals surface area contributed by atoms with Crippen molar-refractivity contribution in [2.75, 3.05) is 45.1 Å². The van der Waals surface area contributed by atoms with Crippen LogP contribution in [0.3, 0.4) is 0 Å². The van der Waals surface area contributed by atoms with Crippen molar-refractivity contribution < 1.29 is 9.53 Å². The standard InChI is InChI=1S/C19H29N3O2S2/c1-3-22(4-2)19(25)26-15-18(23)20-13-16-5-7-17(8-6-16)14-21-9-11-24-12-10-21/h5-8H,3-4,9-15H2,1-2H3,(H,20,23). The number of nitrogens with one attached hydrogen (secondary N) is 1. The lowest BCUT2D eigenvalue weighted by Gasteiger charge is -2.26. The van der Waals surface area contributed by atoms with Crippen LogP contribution in [0.25, 0.3) is 0 Å². The highest BCUT2D eigenvalue weighted by Crippen LogP contribution is 2.11. The number of benzene rings is 1. The van der Waals surface area contributed by atoms with Crippen LogP contribution in [0.15, 0.2) is 24.3 Å². The van der Waals surface area contributed by atoms with Gasteiger partial charge in [-0.3, -0.25) is 9.69 Å². The van der Waals surface area contributed by atoms with Crippen LogP contribution in [0.5, 0.6) is 0 Å². The minimum absolute atomic E-state index is 0.0156. The smallest absolute Gasteiger partial charge is 0.230 e. The van der Waals surface area contributed by atoms with Crippen molar-refractivity contribution in [3.63, 3.8) is 0 Å². The van der Waals surface area contributed by atoms with Gasteiger partial charge in [0.15, 0.2) is 0 Å². The summed E-state index contributed by atoms with van der Waals surface area (Å²) in [6.07, 6.45) is 0. The number of amides is 1. The van der Waals surface area contributed by atoms with Crippen LogP contribution in [0.1, 0.15) is 25.0 Å². The van der Waals surface area contributed by atoms with Crippen molar-refractivity contribution in [3.05, 3.63) is 35.4 Å². The van der Waals surface area contributed by atoms with E-state index in [1.807, 2.05) is 0 Å². The van der Waals surface area contributed by atoms with Gasteiger partial charge >= 0.3 is 0 Å². The van der Waals surface area contributed by atoms with E-state index in [2.05, 4.69) is 53.2 Å². The fraction of sp³-hybridized carbons (Fsp3) is 0.579. The second-order valence-electron chi connectivity index (χ2n) is 6.21. The number of thioether (sulfide) groups is 1. The molecule has 1 heterocycles. The first-order valence-corrected chi connectivity index (χ1v) is 10.6. The number of hydrogen-bond donors (Lipinski definition) is 1. The molecule has 1 aliphatic rings. The molecule has 0 radical (unpaired) electrons. The Balaban J connectivity index is 1.70. The van der Waals surface area contributed by atoms with E-state index in [0.717, 1.165) is 55.8 Å². The van der Waals surface area contributed by atoms with Crippen molar-refractivity contribution in [1.29, 1.82) is 0 Å². The third-order valence-electron chi connectivity index (χ3n) is 4.37. The molecule has 0 unspecified atom stereocenters. The predicted octanol–water partition coefficient (Wildman–Crippen LogP) is 2.49. The lowest BCUT2D eigenvalue weighted by molar-refractivity contribution is -0.118. The van der Waals surface area contributed by atoms with Crippen molar-refractivity contribution in [1.82, 2.24) is 15.1 Å². The van der Waals surface area contributed by atoms with Gasteiger partial charge in [-0.25, -0.2) is 0 Å². The second-order valence-corrected chi connectivity index (χ2v) is 7.82. The summed E-state index contributed by atoms with van der Waals surface area (Å²) in [5.74, 6) is 0.381. The first kappa shape index (κ1) is 21.2. The zero-order valence-corrected chi connectivity index (χ0v) is 17.3. The molecule has 0 aromatic heterocycles. The van der Waals surface area contributed by atoms with Gasteiger partial charge in [0.2, 0.25) is 5.91 Å². The zero-order chi connectivity index (χ0) is 18.8. The summed E-state index contributed by atoms with van der Waals surface area (Å²) in [4.78, 5) is 16.5. The van der Waals surface area contributed by atoms with E-state index in [1.165, 1.54) is 17.3 Å². The van der Waals surface area contributed by atoms with E-state index in [4.69, 9.17) is 17.0 Å². The van der Waals surface area contributed by atoms with Gasteiger partial charge in [0.1, 0.15) is 4.32 Å². The van der Waals surface area contributed by atoms with E-state index < -0.39 is 0 Å². The molecular formula is C19H29N3O2S2. The topological polar surface area (TPSA) is 44.8 Å². The van der Waals surface area contributed by atoms with Gasteiger partial charge in [0.05, 0.1) is 19.0 Å². The van der Waals surface area contributed by atoms with E-state index in [-0.39, 0.29) is 5.91 Å². The number of rotatable bonds is 8. The van der Waals surface area contributed by atoms with Crippen LogP contribution in [0, 0.1) is 0 Å². The van der Waals surface area contributed by atoms with Gasteiger partial charge in [0.25, 0.3) is 0 Å². The zero-order valence-electron chi connectivity index (χ0n) is 15.7. The Bertz CT molecular complexity index is 571. The van der Waals surface area contributed by atoms with Crippen molar-refractivity contribution in [3.8, 4) is 0 Å². The molecule has 1 aromatic carbocycles. The molecule has 144 valence electrons. The molecule has 0 aliphatic carbocycles. The highest BCUT2D eigenvalue weighted by molar-refractivity contribution is 8.23. The monoisotopic (exact) mass is 395 g/mol. The number of ether oxygens (including phenoxy) is 1. The van der Waals surface area contributed by atoms with Gasteiger partial charge in [0, 0.05) is 39.3 Å². The van der Waals surface area contributed by atoms with Gasteiger partial charge in [-0.2, -0.15) is 0 Å². The lowest BCUT2D eigenvalue weighted by Crippen LogP contribution is -2.35. The SMILES string of the molecule is CCN(CC)C(=S)SCC(=O)NCc1ccc(CN2CCOCC2)cc1. The average molecular weight is 396 g/mol. The van der Waals surface area contributed by atoms with Crippen LogP contribution in [0.4, 0.5) is 0 Å². The third-order valence-corrected chi connectivity index (χ3v) is 5.89. The highest BCUT2D eigenvalue weighted by atomic mass is 32.2. The molecule has 0 atom stereocenters. The van der Waals surface area contributed by atoms with E-state index in [0.29, 0.717) is 12.3 Å². The Morgan fingerprint density at radius 1 is 1.19 bits per heavy atom. The van der Waals surface area contributed by atoms with Crippen LogP contribution in [-0.4, -0.2) is 65.2 Å². The summed E-state index contributed by atoms with van der Waals surface area (Å²) in [5, 5.41) is 2.97. The maximum atomic E-state index is 12.0. The second kappa shape index (κ2) is 11.5. The van der Waals surface area contributed by atoms with Crippen molar-refractivity contribution in [2.24, 2.45) is 0 Å². The number of hydrogen-bond acceptors (Lipinski definition) is 5. The normalized spacial score (nSPS) is 14.8. The highest BCUT2D eigenvalue weighted by Gasteiger charge is 2.11.